The van der Waals surface area contributed by atoms with Gasteiger partial charge in [0.25, 0.3) is 0 Å². The third-order valence-electron chi connectivity index (χ3n) is 3.13. The van der Waals surface area contributed by atoms with E-state index in [1.54, 1.807) is 0 Å². The minimum atomic E-state index is -3.23. The quantitative estimate of drug-likeness (QED) is 0.850. The molecular formula is C12H15F2NO2S. The topological polar surface area (TPSA) is 46.2 Å². The van der Waals surface area contributed by atoms with Crippen LogP contribution in [0.25, 0.3) is 0 Å². The summed E-state index contributed by atoms with van der Waals surface area (Å²) in [6.07, 6.45) is 0.482. The van der Waals surface area contributed by atoms with Crippen LogP contribution in [0.5, 0.6) is 0 Å². The summed E-state index contributed by atoms with van der Waals surface area (Å²) < 4.78 is 50.3. The fraction of sp³-hybridized carbons (Fsp3) is 0.500. The average molecular weight is 275 g/mol. The maximum atomic E-state index is 13.7. The molecule has 2 rings (SSSR count). The first-order valence-electron chi connectivity index (χ1n) is 5.79. The van der Waals surface area contributed by atoms with Crippen molar-refractivity contribution in [1.29, 1.82) is 0 Å². The summed E-state index contributed by atoms with van der Waals surface area (Å²) in [4.78, 5) is 0. The summed E-state index contributed by atoms with van der Waals surface area (Å²) in [5, 5.41) is 3.03. The summed E-state index contributed by atoms with van der Waals surface area (Å²) in [6, 6.07) is 3.09. The summed E-state index contributed by atoms with van der Waals surface area (Å²) in [5.41, 5.74) is 0.0762. The van der Waals surface area contributed by atoms with Crippen LogP contribution < -0.4 is 5.32 Å². The summed E-state index contributed by atoms with van der Waals surface area (Å²) in [5.74, 6) is -2.05. The lowest BCUT2D eigenvalue weighted by Crippen LogP contribution is -2.31. The standard InChI is InChI=1S/C12H15F2NO2S/c1-8-5-6-18(16,17)7-11(15-8)9-3-2-4-10(13)12(9)14/h2-4,8,11,15H,5-7H2,1H3. The molecular weight excluding hydrogens is 260 g/mol. The number of nitrogens with one attached hydrogen (secondary N) is 1. The average Bonchev–Trinajstić information content (AvgIpc) is 2.42. The maximum Gasteiger partial charge on any atom is 0.163 e. The second-order valence-corrected chi connectivity index (χ2v) is 6.90. The summed E-state index contributed by atoms with van der Waals surface area (Å²) in [7, 11) is -3.23. The van der Waals surface area contributed by atoms with Crippen LogP contribution in [0.15, 0.2) is 18.2 Å². The fourth-order valence-electron chi connectivity index (χ4n) is 2.14. The summed E-state index contributed by atoms with van der Waals surface area (Å²) >= 11 is 0. The highest BCUT2D eigenvalue weighted by molar-refractivity contribution is 7.91. The highest BCUT2D eigenvalue weighted by Crippen LogP contribution is 2.24. The van der Waals surface area contributed by atoms with Crippen LogP contribution in [0, 0.1) is 11.6 Å². The van der Waals surface area contributed by atoms with Gasteiger partial charge >= 0.3 is 0 Å². The molecule has 6 heteroatoms. The number of hydrogen-bond acceptors (Lipinski definition) is 3. The third kappa shape index (κ3) is 2.87. The van der Waals surface area contributed by atoms with Gasteiger partial charge in [0, 0.05) is 17.6 Å². The van der Waals surface area contributed by atoms with E-state index < -0.39 is 27.5 Å². The van der Waals surface area contributed by atoms with Crippen molar-refractivity contribution in [3.63, 3.8) is 0 Å². The van der Waals surface area contributed by atoms with Crippen molar-refractivity contribution >= 4 is 9.84 Å². The molecule has 2 unspecified atom stereocenters. The van der Waals surface area contributed by atoms with E-state index in [2.05, 4.69) is 5.32 Å². The lowest BCUT2D eigenvalue weighted by atomic mass is 10.1. The molecule has 0 bridgehead atoms. The molecule has 0 aliphatic carbocycles. The molecule has 3 nitrogen and oxygen atoms in total. The molecule has 0 amide bonds. The fourth-order valence-corrected chi connectivity index (χ4v) is 3.80. The van der Waals surface area contributed by atoms with Crippen molar-refractivity contribution in [3.8, 4) is 0 Å². The monoisotopic (exact) mass is 275 g/mol. The zero-order valence-electron chi connectivity index (χ0n) is 9.99. The van der Waals surface area contributed by atoms with Gasteiger partial charge in [-0.3, -0.25) is 0 Å². The van der Waals surface area contributed by atoms with Crippen molar-refractivity contribution < 1.29 is 17.2 Å². The molecule has 1 aromatic carbocycles. The molecule has 1 heterocycles. The zero-order valence-corrected chi connectivity index (χ0v) is 10.8. The second kappa shape index (κ2) is 4.93. The SMILES string of the molecule is CC1CCS(=O)(=O)CC(c2cccc(F)c2F)N1. The van der Waals surface area contributed by atoms with E-state index in [9.17, 15) is 17.2 Å². The Morgan fingerprint density at radius 2 is 2.06 bits per heavy atom. The van der Waals surface area contributed by atoms with Crippen molar-refractivity contribution in [2.24, 2.45) is 0 Å². The van der Waals surface area contributed by atoms with Gasteiger partial charge in [0.15, 0.2) is 21.5 Å². The highest BCUT2D eigenvalue weighted by Gasteiger charge is 2.29. The van der Waals surface area contributed by atoms with E-state index in [0.717, 1.165) is 6.07 Å². The van der Waals surface area contributed by atoms with Gasteiger partial charge in [-0.15, -0.1) is 0 Å². The number of sulfone groups is 1. The predicted octanol–water partition coefficient (Wildman–Crippen LogP) is 1.80. The number of hydrogen-bond donors (Lipinski definition) is 1. The van der Waals surface area contributed by atoms with Gasteiger partial charge in [0.2, 0.25) is 0 Å². The molecule has 1 N–H and O–H groups in total. The van der Waals surface area contributed by atoms with Gasteiger partial charge in [-0.25, -0.2) is 17.2 Å². The first-order valence-corrected chi connectivity index (χ1v) is 7.61. The van der Waals surface area contributed by atoms with Crippen LogP contribution >= 0.6 is 0 Å². The van der Waals surface area contributed by atoms with E-state index in [4.69, 9.17) is 0 Å². The Bertz CT molecular complexity index is 545. The van der Waals surface area contributed by atoms with Crippen LogP contribution in [0.2, 0.25) is 0 Å². The Balaban J connectivity index is 2.38. The normalized spacial score (nSPS) is 27.7. The van der Waals surface area contributed by atoms with E-state index in [0.29, 0.717) is 6.42 Å². The van der Waals surface area contributed by atoms with Crippen LogP contribution in [-0.2, 0) is 9.84 Å². The first kappa shape index (κ1) is 13.4. The zero-order chi connectivity index (χ0) is 13.3. The van der Waals surface area contributed by atoms with Crippen LogP contribution in [-0.4, -0.2) is 26.0 Å². The van der Waals surface area contributed by atoms with Crippen molar-refractivity contribution in [2.45, 2.75) is 25.4 Å². The van der Waals surface area contributed by atoms with Crippen molar-refractivity contribution in [3.05, 3.63) is 35.4 Å². The van der Waals surface area contributed by atoms with Gasteiger partial charge in [0.1, 0.15) is 0 Å². The highest BCUT2D eigenvalue weighted by atomic mass is 32.2. The molecule has 0 radical (unpaired) electrons. The van der Waals surface area contributed by atoms with Gasteiger partial charge in [-0.05, 0) is 19.4 Å². The van der Waals surface area contributed by atoms with Crippen LogP contribution in [0.4, 0.5) is 8.78 Å². The molecule has 1 aliphatic rings. The molecule has 1 fully saturated rings. The Morgan fingerprint density at radius 1 is 1.33 bits per heavy atom. The molecule has 1 aromatic rings. The molecule has 0 saturated carbocycles. The predicted molar refractivity (Wildman–Crippen MR) is 65.0 cm³/mol. The third-order valence-corrected chi connectivity index (χ3v) is 4.82. The smallest absolute Gasteiger partial charge is 0.163 e. The van der Waals surface area contributed by atoms with Gasteiger partial charge in [0.05, 0.1) is 11.5 Å². The lowest BCUT2D eigenvalue weighted by molar-refractivity contribution is 0.446. The molecule has 0 aromatic heterocycles. The molecule has 100 valence electrons. The lowest BCUT2D eigenvalue weighted by Gasteiger charge is -2.20. The molecule has 18 heavy (non-hydrogen) atoms. The number of benzene rings is 1. The molecule has 2 atom stereocenters. The largest absolute Gasteiger partial charge is 0.306 e. The Morgan fingerprint density at radius 3 is 2.78 bits per heavy atom. The van der Waals surface area contributed by atoms with Crippen molar-refractivity contribution in [2.75, 3.05) is 11.5 Å². The van der Waals surface area contributed by atoms with E-state index in [1.165, 1.54) is 12.1 Å². The van der Waals surface area contributed by atoms with Gasteiger partial charge < -0.3 is 5.32 Å². The van der Waals surface area contributed by atoms with Crippen LogP contribution in [0.3, 0.4) is 0 Å². The van der Waals surface area contributed by atoms with Gasteiger partial charge in [-0.2, -0.15) is 0 Å². The van der Waals surface area contributed by atoms with E-state index in [-0.39, 0.29) is 23.1 Å². The minimum Gasteiger partial charge on any atom is -0.306 e. The van der Waals surface area contributed by atoms with E-state index in [1.807, 2.05) is 6.92 Å². The van der Waals surface area contributed by atoms with Crippen molar-refractivity contribution in [1.82, 2.24) is 5.32 Å². The first-order chi connectivity index (χ1) is 8.39. The molecule has 1 saturated heterocycles. The Labute approximate surface area is 105 Å². The Hall–Kier alpha value is -1.01. The maximum absolute atomic E-state index is 13.7. The molecule has 1 aliphatic heterocycles. The summed E-state index contributed by atoms with van der Waals surface area (Å²) in [6.45, 7) is 1.84. The number of rotatable bonds is 1. The number of halogens is 2. The molecule has 0 spiro atoms. The van der Waals surface area contributed by atoms with Gasteiger partial charge in [-0.1, -0.05) is 12.1 Å². The second-order valence-electron chi connectivity index (χ2n) is 4.67. The van der Waals surface area contributed by atoms with E-state index >= 15 is 0 Å². The minimum absolute atomic E-state index is 0.0463. The van der Waals surface area contributed by atoms with Crippen LogP contribution in [0.1, 0.15) is 24.9 Å². The Kier molecular flexibility index (Phi) is 3.68.